The number of hydrogen-bond acceptors (Lipinski definition) is 3. The van der Waals surface area contributed by atoms with E-state index in [9.17, 15) is 0 Å². The van der Waals surface area contributed by atoms with E-state index < -0.39 is 0 Å². The Morgan fingerprint density at radius 3 is 2.65 bits per heavy atom. The molecule has 5 heteroatoms. The molecule has 4 nitrogen and oxygen atoms in total. The molecule has 0 aliphatic carbocycles. The maximum Gasteiger partial charge on any atom is 0.191 e. The molecule has 0 aliphatic heterocycles. The van der Waals surface area contributed by atoms with Crippen LogP contribution in [0.15, 0.2) is 52.6 Å². The quantitative estimate of drug-likeness (QED) is 0.435. The Morgan fingerprint density at radius 1 is 1.23 bits per heavy atom. The van der Waals surface area contributed by atoms with Crippen LogP contribution < -0.4 is 10.6 Å². The predicted molar refractivity (Wildman–Crippen MR) is 113 cm³/mol. The number of nitrogens with zero attached hydrogens (tertiary/aromatic N) is 2. The second-order valence-electron chi connectivity index (χ2n) is 6.76. The van der Waals surface area contributed by atoms with E-state index in [-0.39, 0.29) is 0 Å². The molecule has 1 aromatic carbocycles. The number of hydrogen-bond donors (Lipinski definition) is 2. The standard InChI is InChI=1S/C21H30N4S/c1-15(2)19(17-7-6-10-23-12-17)14-25-21(22-4)24-13-18-9-8-16(3)11-20(18)26-5/h6-12,15,19H,13-14H2,1-5H3,(H2,22,24,25). The lowest BCUT2D eigenvalue weighted by Crippen LogP contribution is -2.39. The second kappa shape index (κ2) is 10.2. The van der Waals surface area contributed by atoms with Gasteiger partial charge in [-0.3, -0.25) is 9.98 Å². The highest BCUT2D eigenvalue weighted by atomic mass is 32.2. The predicted octanol–water partition coefficient (Wildman–Crippen LogP) is 4.22. The van der Waals surface area contributed by atoms with Crippen LogP contribution >= 0.6 is 11.8 Å². The maximum absolute atomic E-state index is 4.37. The maximum atomic E-state index is 4.37. The Balaban J connectivity index is 1.97. The molecule has 0 amide bonds. The summed E-state index contributed by atoms with van der Waals surface area (Å²) in [6.45, 7) is 8.20. The van der Waals surface area contributed by atoms with Crippen LogP contribution in [0, 0.1) is 12.8 Å². The monoisotopic (exact) mass is 370 g/mol. The van der Waals surface area contributed by atoms with E-state index >= 15 is 0 Å². The third-order valence-electron chi connectivity index (χ3n) is 4.52. The highest BCUT2D eigenvalue weighted by Gasteiger charge is 2.16. The van der Waals surface area contributed by atoms with Crippen molar-refractivity contribution in [1.29, 1.82) is 0 Å². The Labute approximate surface area is 161 Å². The molecular weight excluding hydrogens is 340 g/mol. The highest BCUT2D eigenvalue weighted by Crippen LogP contribution is 2.23. The summed E-state index contributed by atoms with van der Waals surface area (Å²) in [7, 11) is 1.81. The SMILES string of the molecule is CN=C(NCc1ccc(C)cc1SC)NCC(c1cccnc1)C(C)C. The van der Waals surface area contributed by atoms with Crippen molar-refractivity contribution in [2.45, 2.75) is 38.1 Å². The van der Waals surface area contributed by atoms with Crippen LogP contribution in [0.3, 0.4) is 0 Å². The molecule has 0 bridgehead atoms. The van der Waals surface area contributed by atoms with Crippen molar-refractivity contribution in [2.75, 3.05) is 19.8 Å². The van der Waals surface area contributed by atoms with Gasteiger partial charge in [0.2, 0.25) is 0 Å². The lowest BCUT2D eigenvalue weighted by Gasteiger charge is -2.23. The van der Waals surface area contributed by atoms with Crippen molar-refractivity contribution in [3.63, 3.8) is 0 Å². The van der Waals surface area contributed by atoms with Crippen LogP contribution in [0.2, 0.25) is 0 Å². The van der Waals surface area contributed by atoms with Crippen molar-refractivity contribution >= 4 is 17.7 Å². The van der Waals surface area contributed by atoms with Crippen molar-refractivity contribution in [3.8, 4) is 0 Å². The molecule has 0 saturated carbocycles. The van der Waals surface area contributed by atoms with Gasteiger partial charge in [-0.25, -0.2) is 0 Å². The summed E-state index contributed by atoms with van der Waals surface area (Å²) in [6.07, 6.45) is 5.89. The van der Waals surface area contributed by atoms with Gasteiger partial charge in [-0.15, -0.1) is 11.8 Å². The molecule has 1 aromatic heterocycles. The van der Waals surface area contributed by atoms with Gasteiger partial charge in [0.15, 0.2) is 5.96 Å². The van der Waals surface area contributed by atoms with Crippen molar-refractivity contribution in [2.24, 2.45) is 10.9 Å². The van der Waals surface area contributed by atoms with Crippen LogP contribution in [0.5, 0.6) is 0 Å². The molecule has 0 spiro atoms. The number of benzene rings is 1. The van der Waals surface area contributed by atoms with Crippen molar-refractivity contribution in [3.05, 3.63) is 59.4 Å². The normalized spacial score (nSPS) is 12.9. The van der Waals surface area contributed by atoms with Gasteiger partial charge in [-0.2, -0.15) is 0 Å². The largest absolute Gasteiger partial charge is 0.356 e. The number of nitrogens with one attached hydrogen (secondary N) is 2. The first kappa shape index (κ1) is 20.3. The Kier molecular flexibility index (Phi) is 7.98. The number of thioether (sulfide) groups is 1. The Morgan fingerprint density at radius 2 is 2.04 bits per heavy atom. The zero-order valence-electron chi connectivity index (χ0n) is 16.4. The number of aryl methyl sites for hydroxylation is 1. The number of aliphatic imine (C=N–C) groups is 1. The topological polar surface area (TPSA) is 49.3 Å². The minimum atomic E-state index is 0.392. The third-order valence-corrected chi connectivity index (χ3v) is 5.34. The minimum absolute atomic E-state index is 0.392. The summed E-state index contributed by atoms with van der Waals surface area (Å²) in [5.41, 5.74) is 3.84. The molecule has 0 fully saturated rings. The summed E-state index contributed by atoms with van der Waals surface area (Å²) < 4.78 is 0. The van der Waals surface area contributed by atoms with E-state index in [2.05, 4.69) is 71.9 Å². The van der Waals surface area contributed by atoms with Gasteiger partial charge in [-0.1, -0.05) is 32.0 Å². The van der Waals surface area contributed by atoms with Crippen LogP contribution in [0.4, 0.5) is 0 Å². The lowest BCUT2D eigenvalue weighted by molar-refractivity contribution is 0.487. The van der Waals surface area contributed by atoms with Crippen LogP contribution in [-0.2, 0) is 6.54 Å². The average Bonchev–Trinajstić information content (AvgIpc) is 2.65. The van der Waals surface area contributed by atoms with Crippen LogP contribution in [0.25, 0.3) is 0 Å². The summed E-state index contributed by atoms with van der Waals surface area (Å²) >= 11 is 1.78. The summed E-state index contributed by atoms with van der Waals surface area (Å²) in [5, 5.41) is 6.91. The molecule has 0 aliphatic rings. The molecule has 2 aromatic rings. The second-order valence-corrected chi connectivity index (χ2v) is 7.61. The van der Waals surface area contributed by atoms with E-state index in [1.807, 2.05) is 25.5 Å². The van der Waals surface area contributed by atoms with Crippen molar-refractivity contribution in [1.82, 2.24) is 15.6 Å². The third kappa shape index (κ3) is 5.77. The van der Waals surface area contributed by atoms with Crippen LogP contribution in [-0.4, -0.2) is 30.8 Å². The fourth-order valence-electron chi connectivity index (χ4n) is 2.94. The van der Waals surface area contributed by atoms with Gasteiger partial charge in [-0.05, 0) is 47.9 Å². The lowest BCUT2D eigenvalue weighted by atomic mass is 9.89. The number of guanidine groups is 1. The first-order valence-corrected chi connectivity index (χ1v) is 10.3. The average molecular weight is 371 g/mol. The zero-order chi connectivity index (χ0) is 18.9. The summed E-state index contributed by atoms with van der Waals surface area (Å²) in [4.78, 5) is 9.94. The van der Waals surface area contributed by atoms with Gasteiger partial charge >= 0.3 is 0 Å². The highest BCUT2D eigenvalue weighted by molar-refractivity contribution is 7.98. The Bertz CT molecular complexity index is 713. The first-order valence-electron chi connectivity index (χ1n) is 9.03. The number of pyridine rings is 1. The van der Waals surface area contributed by atoms with Gasteiger partial charge in [0.05, 0.1) is 0 Å². The molecule has 2 rings (SSSR count). The van der Waals surface area contributed by atoms with Gasteiger partial charge in [0, 0.05) is 43.3 Å². The van der Waals surface area contributed by atoms with E-state index in [1.54, 1.807) is 11.8 Å². The number of aromatic nitrogens is 1. The molecule has 1 unspecified atom stereocenters. The molecule has 26 heavy (non-hydrogen) atoms. The first-order chi connectivity index (χ1) is 12.5. The zero-order valence-corrected chi connectivity index (χ0v) is 17.2. The van der Waals surface area contributed by atoms with E-state index in [0.717, 1.165) is 19.0 Å². The van der Waals surface area contributed by atoms with E-state index in [0.29, 0.717) is 11.8 Å². The molecule has 2 N–H and O–H groups in total. The van der Waals surface area contributed by atoms with Crippen LogP contribution in [0.1, 0.15) is 36.5 Å². The molecule has 0 saturated heterocycles. The molecule has 140 valence electrons. The molecule has 1 atom stereocenters. The summed E-state index contributed by atoms with van der Waals surface area (Å²) in [5.74, 6) is 1.74. The molecule has 0 radical (unpaired) electrons. The smallest absolute Gasteiger partial charge is 0.191 e. The minimum Gasteiger partial charge on any atom is -0.356 e. The van der Waals surface area contributed by atoms with E-state index in [1.165, 1.54) is 21.6 Å². The molecular formula is C21H30N4S. The van der Waals surface area contributed by atoms with E-state index in [4.69, 9.17) is 0 Å². The summed E-state index contributed by atoms with van der Waals surface area (Å²) in [6, 6.07) is 10.7. The van der Waals surface area contributed by atoms with Gasteiger partial charge < -0.3 is 10.6 Å². The van der Waals surface area contributed by atoms with Gasteiger partial charge in [0.1, 0.15) is 0 Å². The fourth-order valence-corrected chi connectivity index (χ4v) is 3.64. The Hall–Kier alpha value is -2.01. The van der Waals surface area contributed by atoms with Gasteiger partial charge in [0.25, 0.3) is 0 Å². The fraction of sp³-hybridized carbons (Fsp3) is 0.429. The van der Waals surface area contributed by atoms with Crippen molar-refractivity contribution < 1.29 is 0 Å². The number of rotatable bonds is 7. The molecule has 1 heterocycles.